The van der Waals surface area contributed by atoms with Crippen molar-refractivity contribution in [3.63, 3.8) is 0 Å². The molecule has 2 aromatic rings. The number of phenols is 1. The first kappa shape index (κ1) is 28.5. The molecule has 0 saturated carbocycles. The quantitative estimate of drug-likeness (QED) is 0.120. The molecule has 0 heterocycles. The zero-order valence-electron chi connectivity index (χ0n) is 21.5. The fourth-order valence-corrected chi connectivity index (χ4v) is 4.09. The maximum atomic E-state index is 13.2. The highest BCUT2D eigenvalue weighted by Gasteiger charge is 2.22. The van der Waals surface area contributed by atoms with Crippen LogP contribution in [0.5, 0.6) is 5.75 Å². The van der Waals surface area contributed by atoms with E-state index < -0.39 is 18.0 Å². The minimum absolute atomic E-state index is 0.0609. The molecule has 0 bridgehead atoms. The van der Waals surface area contributed by atoms with Crippen LogP contribution in [0.15, 0.2) is 66.3 Å². The lowest BCUT2D eigenvalue weighted by atomic mass is 9.97. The molecule has 0 aliphatic heterocycles. The number of hydrogen-bond acceptors (Lipinski definition) is 9. The number of rotatable bonds is 13. The number of hydrogen-bond donors (Lipinski definition) is 3. The first-order chi connectivity index (χ1) is 18.2. The maximum absolute atomic E-state index is 13.2. The number of esters is 1. The van der Waals surface area contributed by atoms with Crippen molar-refractivity contribution in [2.45, 2.75) is 32.9 Å². The van der Waals surface area contributed by atoms with Crippen molar-refractivity contribution < 1.29 is 34.1 Å². The molecule has 0 spiro atoms. The number of aliphatic hydroxyl groups excluding tert-OH is 1. The van der Waals surface area contributed by atoms with E-state index in [0.29, 0.717) is 5.57 Å². The number of nitrogens with one attached hydrogen (secondary N) is 1. The molecule has 1 aliphatic rings. The zero-order valence-corrected chi connectivity index (χ0v) is 21.5. The van der Waals surface area contributed by atoms with Crippen molar-refractivity contribution in [1.82, 2.24) is 5.32 Å². The lowest BCUT2D eigenvalue weighted by Crippen LogP contribution is -2.32. The lowest BCUT2D eigenvalue weighted by molar-refractivity contribution is -0.114. The van der Waals surface area contributed by atoms with E-state index in [1.807, 2.05) is 18.7 Å². The van der Waals surface area contributed by atoms with Gasteiger partial charge in [0, 0.05) is 42.5 Å². The molecule has 0 fully saturated rings. The third-order valence-corrected chi connectivity index (χ3v) is 6.18. The summed E-state index contributed by atoms with van der Waals surface area (Å²) in [7, 11) is 0. The number of anilines is 1. The summed E-state index contributed by atoms with van der Waals surface area (Å²) >= 11 is 0. The molecule has 2 aromatic carbocycles. The molecule has 1 unspecified atom stereocenters. The normalized spacial score (nSPS) is 13.7. The van der Waals surface area contributed by atoms with E-state index >= 15 is 0 Å². The number of phenolic OH excluding ortho intramolecular Hbond substituents is 1. The Hall–Kier alpha value is -4.08. The Morgan fingerprint density at radius 2 is 1.71 bits per heavy atom. The predicted molar refractivity (Wildman–Crippen MR) is 142 cm³/mol. The van der Waals surface area contributed by atoms with Gasteiger partial charge in [0.15, 0.2) is 17.3 Å². The van der Waals surface area contributed by atoms with Gasteiger partial charge in [-0.2, -0.15) is 0 Å². The number of aliphatic hydroxyl groups is 1. The summed E-state index contributed by atoms with van der Waals surface area (Å²) in [4.78, 5) is 51.1. The van der Waals surface area contributed by atoms with Crippen molar-refractivity contribution in [3.05, 3.63) is 83.0 Å². The first-order valence-corrected chi connectivity index (χ1v) is 12.5. The Bertz CT molecular complexity index is 1260. The number of carbonyl (C=O) groups is 4. The van der Waals surface area contributed by atoms with E-state index in [1.165, 1.54) is 36.4 Å². The second-order valence-electron chi connectivity index (χ2n) is 8.66. The van der Waals surface area contributed by atoms with E-state index in [-0.39, 0.29) is 60.0 Å². The van der Waals surface area contributed by atoms with Crippen LogP contribution >= 0.6 is 0 Å². The van der Waals surface area contributed by atoms with Crippen LogP contribution < -0.4 is 10.2 Å². The Morgan fingerprint density at radius 3 is 2.39 bits per heavy atom. The van der Waals surface area contributed by atoms with Crippen molar-refractivity contribution in [2.24, 2.45) is 0 Å². The Morgan fingerprint density at radius 1 is 1.00 bits per heavy atom. The van der Waals surface area contributed by atoms with E-state index in [2.05, 4.69) is 5.32 Å². The number of allylic oxidation sites excluding steroid dienone is 4. The fourth-order valence-electron chi connectivity index (χ4n) is 4.09. The summed E-state index contributed by atoms with van der Waals surface area (Å²) in [6, 6.07) is 11.0. The van der Waals surface area contributed by atoms with E-state index in [0.717, 1.165) is 18.8 Å². The third kappa shape index (κ3) is 7.24. The molecule has 0 aromatic heterocycles. The van der Waals surface area contributed by atoms with Crippen molar-refractivity contribution in [3.8, 4) is 5.75 Å². The van der Waals surface area contributed by atoms with Gasteiger partial charge < -0.3 is 19.8 Å². The number of carbonyl (C=O) groups excluding carboxylic acids is 4. The molecule has 3 N–H and O–H groups in total. The lowest BCUT2D eigenvalue weighted by Gasteiger charge is -2.21. The van der Waals surface area contributed by atoms with Crippen LogP contribution in [0.1, 0.15) is 53.0 Å². The van der Waals surface area contributed by atoms with Crippen molar-refractivity contribution >= 4 is 29.0 Å². The highest BCUT2D eigenvalue weighted by molar-refractivity contribution is 6.17. The topological polar surface area (TPSA) is 133 Å². The van der Waals surface area contributed by atoms with Gasteiger partial charge >= 0.3 is 5.97 Å². The SMILES string of the molecule is CCN(CC)c1ccc(C(=O)c2ccccc2C(=O)OCCNC(O)CCC2=CC(=O)C=CC2=O)c(O)c1. The van der Waals surface area contributed by atoms with Crippen LogP contribution in [0.3, 0.4) is 0 Å². The van der Waals surface area contributed by atoms with Crippen molar-refractivity contribution in [2.75, 3.05) is 31.1 Å². The molecule has 0 saturated heterocycles. The van der Waals surface area contributed by atoms with Crippen LogP contribution in [-0.2, 0) is 14.3 Å². The Kier molecular flexibility index (Phi) is 10.1. The number of ether oxygens (including phenoxy) is 1. The highest BCUT2D eigenvalue weighted by Crippen LogP contribution is 2.28. The summed E-state index contributed by atoms with van der Waals surface area (Å²) in [5.74, 6) is -1.92. The molecule has 200 valence electrons. The van der Waals surface area contributed by atoms with Gasteiger partial charge in [-0.1, -0.05) is 18.2 Å². The minimum Gasteiger partial charge on any atom is -0.507 e. The number of nitrogens with zero attached hydrogens (tertiary/aromatic N) is 1. The second kappa shape index (κ2) is 13.5. The fraction of sp³-hybridized carbons (Fsp3) is 0.310. The molecule has 1 aliphatic carbocycles. The molecule has 9 nitrogen and oxygen atoms in total. The average Bonchev–Trinajstić information content (AvgIpc) is 2.92. The summed E-state index contributed by atoms with van der Waals surface area (Å²) in [6.07, 6.45) is 3.12. The summed E-state index contributed by atoms with van der Waals surface area (Å²) in [6.45, 7) is 5.54. The van der Waals surface area contributed by atoms with Gasteiger partial charge in [0.1, 0.15) is 18.6 Å². The smallest absolute Gasteiger partial charge is 0.338 e. The van der Waals surface area contributed by atoms with Gasteiger partial charge in [-0.3, -0.25) is 19.7 Å². The molecule has 38 heavy (non-hydrogen) atoms. The summed E-state index contributed by atoms with van der Waals surface area (Å²) in [5.41, 5.74) is 1.37. The van der Waals surface area contributed by atoms with Gasteiger partial charge in [0.05, 0.1) is 11.1 Å². The van der Waals surface area contributed by atoms with E-state index in [4.69, 9.17) is 4.74 Å². The largest absolute Gasteiger partial charge is 0.507 e. The third-order valence-electron chi connectivity index (χ3n) is 6.18. The maximum Gasteiger partial charge on any atom is 0.338 e. The monoisotopic (exact) mass is 520 g/mol. The molecule has 9 heteroatoms. The van der Waals surface area contributed by atoms with Crippen LogP contribution in [0.4, 0.5) is 5.69 Å². The summed E-state index contributed by atoms with van der Waals surface area (Å²) in [5, 5.41) is 23.4. The Labute approximate surface area is 221 Å². The number of ketones is 3. The average molecular weight is 521 g/mol. The van der Waals surface area contributed by atoms with Gasteiger partial charge in [-0.15, -0.1) is 0 Å². The molecule has 3 rings (SSSR count). The van der Waals surface area contributed by atoms with E-state index in [1.54, 1.807) is 24.3 Å². The Balaban J connectivity index is 1.56. The molecular weight excluding hydrogens is 488 g/mol. The number of aromatic hydroxyl groups is 1. The highest BCUT2D eigenvalue weighted by atomic mass is 16.5. The molecule has 0 radical (unpaired) electrons. The van der Waals surface area contributed by atoms with Crippen molar-refractivity contribution in [1.29, 1.82) is 0 Å². The number of benzene rings is 2. The van der Waals surface area contributed by atoms with Gasteiger partial charge in [-0.25, -0.2) is 4.79 Å². The molecule has 1 atom stereocenters. The van der Waals surface area contributed by atoms with Gasteiger partial charge in [-0.05, 0) is 63.1 Å². The predicted octanol–water partition coefficient (Wildman–Crippen LogP) is 2.95. The van der Waals surface area contributed by atoms with Crippen LogP contribution in [0.25, 0.3) is 0 Å². The molecular formula is C29H32N2O7. The zero-order chi connectivity index (χ0) is 27.7. The van der Waals surface area contributed by atoms with Crippen LogP contribution in [0.2, 0.25) is 0 Å². The summed E-state index contributed by atoms with van der Waals surface area (Å²) < 4.78 is 5.29. The second-order valence-corrected chi connectivity index (χ2v) is 8.66. The minimum atomic E-state index is -0.973. The first-order valence-electron chi connectivity index (χ1n) is 12.5. The standard InChI is InChI=1S/C29H32N2O7/c1-3-31(4-2)20-10-12-24(26(34)18-20)28(36)22-7-5-6-8-23(22)29(37)38-16-15-30-27(35)14-9-19-17-21(32)11-13-25(19)33/h5-8,10-13,17-18,27,30,34-35H,3-4,9,14-16H2,1-2H3. The van der Waals surface area contributed by atoms with Crippen LogP contribution in [-0.4, -0.2) is 66.0 Å². The van der Waals surface area contributed by atoms with Crippen LogP contribution in [0, 0.1) is 0 Å². The molecule has 0 amide bonds. The van der Waals surface area contributed by atoms with Gasteiger partial charge in [0.2, 0.25) is 0 Å². The van der Waals surface area contributed by atoms with Gasteiger partial charge in [0.25, 0.3) is 0 Å². The van der Waals surface area contributed by atoms with E-state index in [9.17, 15) is 29.4 Å².